The van der Waals surface area contributed by atoms with Gasteiger partial charge in [-0.3, -0.25) is 4.79 Å². The molecular formula is C18H17ClF3N5O2. The van der Waals surface area contributed by atoms with Gasteiger partial charge in [-0.2, -0.15) is 8.78 Å². The molecule has 1 amide bonds. The SMILES string of the molecule is CC1(C)OC(N)=NC(C)(c2cc(NC(=O)c3ccc(Cl)nn3)ccc2F)C1(F)F. The van der Waals surface area contributed by atoms with Gasteiger partial charge >= 0.3 is 5.92 Å². The summed E-state index contributed by atoms with van der Waals surface area (Å²) < 4.78 is 49.9. The highest BCUT2D eigenvalue weighted by atomic mass is 35.5. The minimum absolute atomic E-state index is 0.0539. The van der Waals surface area contributed by atoms with E-state index in [4.69, 9.17) is 22.1 Å². The number of hydrogen-bond acceptors (Lipinski definition) is 6. The predicted molar refractivity (Wildman–Crippen MR) is 100 cm³/mol. The molecule has 0 fully saturated rings. The number of aliphatic imine (C=N–C) groups is 1. The second kappa shape index (κ2) is 6.87. The van der Waals surface area contributed by atoms with Crippen LogP contribution in [0.4, 0.5) is 18.9 Å². The van der Waals surface area contributed by atoms with Gasteiger partial charge in [0.05, 0.1) is 0 Å². The van der Waals surface area contributed by atoms with Crippen LogP contribution in [0.15, 0.2) is 35.3 Å². The molecule has 2 heterocycles. The van der Waals surface area contributed by atoms with E-state index < -0.39 is 40.4 Å². The monoisotopic (exact) mass is 427 g/mol. The van der Waals surface area contributed by atoms with Crippen molar-refractivity contribution in [2.45, 2.75) is 37.8 Å². The Morgan fingerprint density at radius 3 is 2.48 bits per heavy atom. The molecule has 1 atom stereocenters. The van der Waals surface area contributed by atoms with Crippen LogP contribution in [0, 0.1) is 5.82 Å². The van der Waals surface area contributed by atoms with Gasteiger partial charge in [-0.15, -0.1) is 10.2 Å². The van der Waals surface area contributed by atoms with Crippen molar-refractivity contribution in [3.05, 3.63) is 52.6 Å². The first-order valence-electron chi connectivity index (χ1n) is 8.40. The molecule has 1 aliphatic heterocycles. The smallest absolute Gasteiger partial charge is 0.315 e. The Balaban J connectivity index is 2.02. The summed E-state index contributed by atoms with van der Waals surface area (Å²) in [5, 5.41) is 9.73. The van der Waals surface area contributed by atoms with Gasteiger partial charge in [0, 0.05) is 11.3 Å². The first-order valence-corrected chi connectivity index (χ1v) is 8.78. The molecule has 0 aliphatic carbocycles. The Labute approximate surface area is 169 Å². The van der Waals surface area contributed by atoms with E-state index in [0.29, 0.717) is 0 Å². The van der Waals surface area contributed by atoms with Crippen LogP contribution in [-0.2, 0) is 10.3 Å². The average Bonchev–Trinajstić information content (AvgIpc) is 2.61. The van der Waals surface area contributed by atoms with Crippen LogP contribution in [-0.4, -0.2) is 33.6 Å². The fourth-order valence-corrected chi connectivity index (χ4v) is 3.16. The number of amidine groups is 1. The van der Waals surface area contributed by atoms with Gasteiger partial charge < -0.3 is 15.8 Å². The van der Waals surface area contributed by atoms with Crippen LogP contribution in [0.5, 0.6) is 0 Å². The van der Waals surface area contributed by atoms with Crippen LogP contribution >= 0.6 is 11.6 Å². The van der Waals surface area contributed by atoms with Crippen molar-refractivity contribution in [3.63, 3.8) is 0 Å². The molecule has 1 aromatic carbocycles. The molecule has 3 N–H and O–H groups in total. The van der Waals surface area contributed by atoms with E-state index in [1.54, 1.807) is 0 Å². The molecule has 0 radical (unpaired) electrons. The second-order valence-corrected chi connectivity index (χ2v) is 7.49. The number of amides is 1. The van der Waals surface area contributed by atoms with Crippen molar-refractivity contribution >= 4 is 29.2 Å². The molecule has 29 heavy (non-hydrogen) atoms. The number of benzene rings is 1. The lowest BCUT2D eigenvalue weighted by molar-refractivity contribution is -0.207. The molecule has 0 spiro atoms. The summed E-state index contributed by atoms with van der Waals surface area (Å²) in [6, 6.07) is 5.45. The van der Waals surface area contributed by atoms with Crippen LogP contribution < -0.4 is 11.1 Å². The number of hydrogen-bond donors (Lipinski definition) is 2. The number of nitrogens with zero attached hydrogens (tertiary/aromatic N) is 3. The summed E-state index contributed by atoms with van der Waals surface area (Å²) in [6.07, 6.45) is 0. The van der Waals surface area contributed by atoms with Gasteiger partial charge in [-0.1, -0.05) is 11.6 Å². The molecule has 1 unspecified atom stereocenters. The number of nitrogens with one attached hydrogen (secondary N) is 1. The van der Waals surface area contributed by atoms with Crippen molar-refractivity contribution in [1.29, 1.82) is 0 Å². The number of ether oxygens (including phenoxy) is 1. The maximum absolute atomic E-state index is 15.2. The summed E-state index contributed by atoms with van der Waals surface area (Å²) >= 11 is 5.63. The van der Waals surface area contributed by atoms with Gasteiger partial charge in [-0.05, 0) is 51.1 Å². The van der Waals surface area contributed by atoms with Crippen LogP contribution in [0.1, 0.15) is 36.8 Å². The number of carbonyl (C=O) groups excluding carboxylic acids is 1. The Kier molecular flexibility index (Phi) is 4.94. The molecule has 1 aromatic heterocycles. The van der Waals surface area contributed by atoms with Crippen molar-refractivity contribution < 1.29 is 22.7 Å². The molecule has 11 heteroatoms. The summed E-state index contributed by atoms with van der Waals surface area (Å²) in [5.74, 6) is -5.25. The number of halogens is 4. The average molecular weight is 428 g/mol. The Hall–Kier alpha value is -2.88. The number of alkyl halides is 2. The van der Waals surface area contributed by atoms with E-state index in [2.05, 4.69) is 20.5 Å². The maximum Gasteiger partial charge on any atom is 0.315 e. The third kappa shape index (κ3) is 3.48. The van der Waals surface area contributed by atoms with Crippen molar-refractivity contribution in [3.8, 4) is 0 Å². The predicted octanol–water partition coefficient (Wildman–Crippen LogP) is 3.50. The zero-order valence-corrected chi connectivity index (χ0v) is 16.4. The third-order valence-corrected chi connectivity index (χ3v) is 4.88. The molecule has 0 bridgehead atoms. The van der Waals surface area contributed by atoms with Gasteiger partial charge in [0.25, 0.3) is 11.9 Å². The Bertz CT molecular complexity index is 997. The molecule has 2 aromatic rings. The highest BCUT2D eigenvalue weighted by Crippen LogP contribution is 2.51. The molecule has 154 valence electrons. The zero-order valence-electron chi connectivity index (χ0n) is 15.6. The number of aromatic nitrogens is 2. The highest BCUT2D eigenvalue weighted by Gasteiger charge is 2.66. The first kappa shape index (κ1) is 20.8. The minimum Gasteiger partial charge on any atom is -0.453 e. The zero-order chi connectivity index (χ0) is 21.6. The third-order valence-electron chi connectivity index (χ3n) is 4.67. The van der Waals surface area contributed by atoms with Gasteiger partial charge in [0.1, 0.15) is 5.82 Å². The fourth-order valence-electron chi connectivity index (χ4n) is 3.06. The van der Waals surface area contributed by atoms with Gasteiger partial charge in [0.2, 0.25) is 0 Å². The van der Waals surface area contributed by atoms with E-state index in [1.807, 2.05) is 0 Å². The number of anilines is 1. The summed E-state index contributed by atoms with van der Waals surface area (Å²) in [4.78, 5) is 16.0. The Morgan fingerprint density at radius 2 is 1.86 bits per heavy atom. The van der Waals surface area contributed by atoms with Crippen molar-refractivity contribution in [1.82, 2.24) is 10.2 Å². The van der Waals surface area contributed by atoms with E-state index in [1.165, 1.54) is 18.2 Å². The number of rotatable bonds is 3. The van der Waals surface area contributed by atoms with Crippen LogP contribution in [0.25, 0.3) is 0 Å². The van der Waals surface area contributed by atoms with Crippen molar-refractivity contribution in [2.75, 3.05) is 5.32 Å². The lowest BCUT2D eigenvalue weighted by Gasteiger charge is -2.46. The largest absolute Gasteiger partial charge is 0.453 e. The van der Waals surface area contributed by atoms with Gasteiger partial charge in [-0.25, -0.2) is 9.38 Å². The number of carbonyl (C=O) groups is 1. The molecule has 7 nitrogen and oxygen atoms in total. The fraction of sp³-hybridized carbons (Fsp3) is 0.333. The quantitative estimate of drug-likeness (QED) is 0.780. The first-order chi connectivity index (χ1) is 13.4. The van der Waals surface area contributed by atoms with E-state index in [-0.39, 0.29) is 16.5 Å². The molecule has 1 aliphatic rings. The van der Waals surface area contributed by atoms with E-state index in [0.717, 1.165) is 32.9 Å². The molecule has 0 saturated carbocycles. The van der Waals surface area contributed by atoms with Crippen LogP contribution in [0.3, 0.4) is 0 Å². The molecule has 3 rings (SSSR count). The van der Waals surface area contributed by atoms with Crippen LogP contribution in [0.2, 0.25) is 5.15 Å². The van der Waals surface area contributed by atoms with Crippen molar-refractivity contribution in [2.24, 2.45) is 10.7 Å². The lowest BCUT2D eigenvalue weighted by atomic mass is 9.77. The topological polar surface area (TPSA) is 102 Å². The minimum atomic E-state index is -3.63. The second-order valence-electron chi connectivity index (χ2n) is 7.10. The summed E-state index contributed by atoms with van der Waals surface area (Å²) in [6.45, 7) is 3.32. The number of nitrogens with two attached hydrogens (primary N) is 1. The summed E-state index contributed by atoms with van der Waals surface area (Å²) in [7, 11) is 0. The highest BCUT2D eigenvalue weighted by molar-refractivity contribution is 6.29. The lowest BCUT2D eigenvalue weighted by Crippen LogP contribution is -2.62. The summed E-state index contributed by atoms with van der Waals surface area (Å²) in [5.41, 5.74) is 0.697. The maximum atomic E-state index is 15.2. The Morgan fingerprint density at radius 1 is 1.17 bits per heavy atom. The van der Waals surface area contributed by atoms with E-state index in [9.17, 15) is 9.18 Å². The molecular weight excluding hydrogens is 411 g/mol. The van der Waals surface area contributed by atoms with E-state index >= 15 is 8.78 Å². The normalized spacial score (nSPS) is 22.4. The van der Waals surface area contributed by atoms with Gasteiger partial charge in [0.15, 0.2) is 22.0 Å². The standard InChI is InChI=1S/C18H17ClF3N5O2/c1-16(2)18(21,22)17(3,25-15(23)29-16)10-8-9(4-5-11(10)20)24-14(28)12-6-7-13(19)27-26-12/h4-8H,1-3H3,(H2,23,25)(H,24,28). The molecule has 0 saturated heterocycles.